The molecule has 3 rings (SSSR count). The molecule has 1 saturated heterocycles. The molecule has 0 spiro atoms. The third-order valence-corrected chi connectivity index (χ3v) is 5.16. The predicted molar refractivity (Wildman–Crippen MR) is 82.0 cm³/mol. The van der Waals surface area contributed by atoms with Crippen molar-refractivity contribution < 1.29 is 8.42 Å². The molecule has 7 nitrogen and oxygen atoms in total. The van der Waals surface area contributed by atoms with Gasteiger partial charge in [0.15, 0.2) is 5.82 Å². The van der Waals surface area contributed by atoms with Crippen molar-refractivity contribution in [3.63, 3.8) is 0 Å². The van der Waals surface area contributed by atoms with Gasteiger partial charge in [-0.05, 0) is 25.2 Å². The van der Waals surface area contributed by atoms with E-state index in [0.29, 0.717) is 13.1 Å². The summed E-state index contributed by atoms with van der Waals surface area (Å²) in [7, 11) is -3.11. The quantitative estimate of drug-likeness (QED) is 0.835. The van der Waals surface area contributed by atoms with E-state index in [1.165, 1.54) is 6.26 Å². The second-order valence-electron chi connectivity index (χ2n) is 5.67. The molecule has 1 aliphatic rings. The van der Waals surface area contributed by atoms with Gasteiger partial charge in [0.25, 0.3) is 0 Å². The maximum absolute atomic E-state index is 11.7. The number of hydrogen-bond acceptors (Lipinski definition) is 5. The van der Waals surface area contributed by atoms with E-state index in [-0.39, 0.29) is 5.92 Å². The lowest BCUT2D eigenvalue weighted by molar-refractivity contribution is 0.265. The van der Waals surface area contributed by atoms with Crippen molar-refractivity contribution in [3.05, 3.63) is 36.8 Å². The van der Waals surface area contributed by atoms with E-state index in [1.54, 1.807) is 33.8 Å². The molecule has 118 valence electrons. The van der Waals surface area contributed by atoms with Crippen LogP contribution in [0.3, 0.4) is 0 Å². The molecule has 8 heteroatoms. The summed E-state index contributed by atoms with van der Waals surface area (Å²) < 4.78 is 26.7. The van der Waals surface area contributed by atoms with Crippen molar-refractivity contribution in [2.45, 2.75) is 19.3 Å². The summed E-state index contributed by atoms with van der Waals surface area (Å²) in [5.41, 5.74) is 0.881. The minimum Gasteiger partial charge on any atom is -0.289 e. The standard InChI is InChI=1S/C14H19N5O2S/c1-22(20,21)19-5-2-3-12(10-19)7-13-8-16-9-14(17-13)18-6-4-15-11-18/h4,6,8-9,11-12H,2-3,5,7,10H2,1H3/t12-/m1/s1. The number of hydrogen-bond donors (Lipinski definition) is 0. The Morgan fingerprint density at radius 2 is 2.18 bits per heavy atom. The lowest BCUT2D eigenvalue weighted by Crippen LogP contribution is -2.39. The van der Waals surface area contributed by atoms with Crippen molar-refractivity contribution in [2.75, 3.05) is 19.3 Å². The monoisotopic (exact) mass is 321 g/mol. The molecule has 1 atom stereocenters. The van der Waals surface area contributed by atoms with E-state index in [0.717, 1.165) is 30.8 Å². The summed E-state index contributed by atoms with van der Waals surface area (Å²) in [5.74, 6) is 1.02. The minimum atomic E-state index is -3.11. The van der Waals surface area contributed by atoms with Crippen molar-refractivity contribution in [1.82, 2.24) is 23.8 Å². The van der Waals surface area contributed by atoms with Gasteiger partial charge in [0, 0.05) is 31.7 Å². The Kier molecular flexibility index (Phi) is 4.21. The lowest BCUT2D eigenvalue weighted by atomic mass is 9.95. The number of piperidine rings is 1. The maximum atomic E-state index is 11.7. The highest BCUT2D eigenvalue weighted by atomic mass is 32.2. The molecule has 2 aromatic heterocycles. The molecule has 1 fully saturated rings. The van der Waals surface area contributed by atoms with Gasteiger partial charge in [0.1, 0.15) is 6.33 Å². The number of rotatable bonds is 4. The van der Waals surface area contributed by atoms with Crippen LogP contribution in [0.4, 0.5) is 0 Å². The van der Waals surface area contributed by atoms with Crippen LogP contribution in [0.1, 0.15) is 18.5 Å². The second-order valence-corrected chi connectivity index (χ2v) is 7.65. The molecule has 0 aliphatic carbocycles. The average molecular weight is 321 g/mol. The Balaban J connectivity index is 1.72. The number of imidazole rings is 1. The molecule has 0 bridgehead atoms. The van der Waals surface area contributed by atoms with Crippen molar-refractivity contribution in [2.24, 2.45) is 5.92 Å². The van der Waals surface area contributed by atoms with Crippen LogP contribution in [0.25, 0.3) is 5.82 Å². The van der Waals surface area contributed by atoms with Crippen LogP contribution < -0.4 is 0 Å². The fourth-order valence-corrected chi connectivity index (χ4v) is 3.75. The molecule has 0 saturated carbocycles. The Hall–Kier alpha value is -1.80. The third kappa shape index (κ3) is 3.50. The van der Waals surface area contributed by atoms with E-state index in [9.17, 15) is 8.42 Å². The van der Waals surface area contributed by atoms with Crippen LogP contribution in [0.5, 0.6) is 0 Å². The van der Waals surface area contributed by atoms with Gasteiger partial charge in [-0.1, -0.05) is 0 Å². The molecule has 1 aliphatic heterocycles. The van der Waals surface area contributed by atoms with E-state index in [2.05, 4.69) is 15.0 Å². The first-order valence-corrected chi connectivity index (χ1v) is 9.11. The molecule has 0 amide bonds. The van der Waals surface area contributed by atoms with Crippen LogP contribution in [0.2, 0.25) is 0 Å². The normalized spacial score (nSPS) is 20.1. The molecular weight excluding hydrogens is 302 g/mol. The third-order valence-electron chi connectivity index (χ3n) is 3.89. The van der Waals surface area contributed by atoms with Gasteiger partial charge in [0.2, 0.25) is 10.0 Å². The highest BCUT2D eigenvalue weighted by molar-refractivity contribution is 7.88. The highest BCUT2D eigenvalue weighted by Crippen LogP contribution is 2.21. The van der Waals surface area contributed by atoms with Gasteiger partial charge < -0.3 is 0 Å². The van der Waals surface area contributed by atoms with Crippen LogP contribution in [0.15, 0.2) is 31.1 Å². The first-order chi connectivity index (χ1) is 10.5. The summed E-state index contributed by atoms with van der Waals surface area (Å²) in [4.78, 5) is 12.8. The highest BCUT2D eigenvalue weighted by Gasteiger charge is 2.26. The van der Waals surface area contributed by atoms with Gasteiger partial charge >= 0.3 is 0 Å². The van der Waals surface area contributed by atoms with E-state index >= 15 is 0 Å². The van der Waals surface area contributed by atoms with Gasteiger partial charge in [-0.3, -0.25) is 9.55 Å². The Morgan fingerprint density at radius 3 is 2.91 bits per heavy atom. The van der Waals surface area contributed by atoms with Crippen molar-refractivity contribution in [1.29, 1.82) is 0 Å². The molecule has 3 heterocycles. The SMILES string of the molecule is CS(=O)(=O)N1CCC[C@H](Cc2cncc(-n3ccnc3)n2)C1. The summed E-state index contributed by atoms with van der Waals surface area (Å²) in [6.07, 6.45) is 12.6. The number of nitrogens with zero attached hydrogens (tertiary/aromatic N) is 5. The van der Waals surface area contributed by atoms with Gasteiger partial charge in [-0.25, -0.2) is 22.7 Å². The maximum Gasteiger partial charge on any atom is 0.211 e. The van der Waals surface area contributed by atoms with Crippen molar-refractivity contribution >= 4 is 10.0 Å². The number of sulfonamides is 1. The summed E-state index contributed by atoms with van der Waals surface area (Å²) in [6, 6.07) is 0. The molecule has 22 heavy (non-hydrogen) atoms. The van der Waals surface area contributed by atoms with Crippen molar-refractivity contribution in [3.8, 4) is 5.82 Å². The zero-order valence-corrected chi connectivity index (χ0v) is 13.3. The van der Waals surface area contributed by atoms with E-state index in [4.69, 9.17) is 0 Å². The molecule has 0 N–H and O–H groups in total. The first kappa shape index (κ1) is 15.1. The molecule has 0 radical (unpaired) electrons. The summed E-state index contributed by atoms with van der Waals surface area (Å²) >= 11 is 0. The van der Waals surface area contributed by atoms with Gasteiger partial charge in [-0.15, -0.1) is 0 Å². The Labute approximate surface area is 130 Å². The fourth-order valence-electron chi connectivity index (χ4n) is 2.80. The number of aromatic nitrogens is 4. The van der Waals surface area contributed by atoms with Crippen LogP contribution in [-0.4, -0.2) is 51.6 Å². The van der Waals surface area contributed by atoms with Crippen LogP contribution in [-0.2, 0) is 16.4 Å². The molecule has 0 aromatic carbocycles. The zero-order valence-electron chi connectivity index (χ0n) is 12.5. The first-order valence-electron chi connectivity index (χ1n) is 7.27. The van der Waals surface area contributed by atoms with Crippen LogP contribution in [0, 0.1) is 5.92 Å². The van der Waals surface area contributed by atoms with Gasteiger partial charge in [0.05, 0.1) is 18.1 Å². The topological polar surface area (TPSA) is 81.0 Å². The Bertz CT molecular complexity index is 729. The Morgan fingerprint density at radius 1 is 1.32 bits per heavy atom. The van der Waals surface area contributed by atoms with Gasteiger partial charge in [-0.2, -0.15) is 0 Å². The zero-order chi connectivity index (χ0) is 15.6. The molecule has 2 aromatic rings. The smallest absolute Gasteiger partial charge is 0.211 e. The fraction of sp³-hybridized carbons (Fsp3) is 0.500. The average Bonchev–Trinajstić information content (AvgIpc) is 3.01. The molecule has 0 unspecified atom stereocenters. The largest absolute Gasteiger partial charge is 0.289 e. The van der Waals surface area contributed by atoms with E-state index < -0.39 is 10.0 Å². The predicted octanol–water partition coefficient (Wildman–Crippen LogP) is 0.876. The summed E-state index contributed by atoms with van der Waals surface area (Å²) in [6.45, 7) is 1.19. The minimum absolute atomic E-state index is 0.288. The molecular formula is C14H19N5O2S. The van der Waals surface area contributed by atoms with Crippen LogP contribution >= 0.6 is 0 Å². The second kappa shape index (κ2) is 6.13. The summed E-state index contributed by atoms with van der Waals surface area (Å²) in [5, 5.41) is 0. The lowest BCUT2D eigenvalue weighted by Gasteiger charge is -2.30. The van der Waals surface area contributed by atoms with E-state index in [1.807, 2.05) is 6.20 Å².